The van der Waals surface area contributed by atoms with Gasteiger partial charge in [0.05, 0.1) is 12.1 Å². The van der Waals surface area contributed by atoms with Gasteiger partial charge in [0.25, 0.3) is 0 Å². The van der Waals surface area contributed by atoms with Crippen molar-refractivity contribution >= 4 is 12.2 Å². The van der Waals surface area contributed by atoms with Gasteiger partial charge in [-0.15, -0.1) is 0 Å². The number of benzene rings is 1. The Hall–Kier alpha value is -2.24. The van der Waals surface area contributed by atoms with Crippen LogP contribution in [0.3, 0.4) is 0 Å². The van der Waals surface area contributed by atoms with E-state index in [0.29, 0.717) is 0 Å². The highest BCUT2D eigenvalue weighted by atomic mass is 16.4. The third-order valence-electron chi connectivity index (χ3n) is 2.45. The molecule has 1 aromatic carbocycles. The first-order valence-corrected chi connectivity index (χ1v) is 5.81. The standard InChI is InChI=1S/C13H18N2O4/c1-13(2,3)15(12(18)19)14(11(16)17)9-10-7-5-4-6-8-10/h4-8H,9H2,1-3H3,(H,16,17)(H,18,19). The summed E-state index contributed by atoms with van der Waals surface area (Å²) in [4.78, 5) is 22.6. The second-order valence-electron chi connectivity index (χ2n) is 5.09. The van der Waals surface area contributed by atoms with E-state index in [1.807, 2.05) is 6.07 Å². The van der Waals surface area contributed by atoms with Crippen molar-refractivity contribution in [2.45, 2.75) is 32.9 Å². The van der Waals surface area contributed by atoms with Crippen molar-refractivity contribution in [2.24, 2.45) is 0 Å². The van der Waals surface area contributed by atoms with Crippen LogP contribution in [0.25, 0.3) is 0 Å². The summed E-state index contributed by atoms with van der Waals surface area (Å²) in [7, 11) is 0. The van der Waals surface area contributed by atoms with Gasteiger partial charge in [-0.3, -0.25) is 0 Å². The molecular formula is C13H18N2O4. The van der Waals surface area contributed by atoms with Crippen LogP contribution in [0.1, 0.15) is 26.3 Å². The van der Waals surface area contributed by atoms with Crippen molar-refractivity contribution in [2.75, 3.05) is 0 Å². The zero-order chi connectivity index (χ0) is 14.6. The first-order chi connectivity index (χ1) is 8.73. The molecule has 0 aromatic heterocycles. The minimum absolute atomic E-state index is 0.0141. The van der Waals surface area contributed by atoms with E-state index in [-0.39, 0.29) is 6.54 Å². The van der Waals surface area contributed by atoms with Crippen molar-refractivity contribution in [3.05, 3.63) is 35.9 Å². The number of nitrogens with zero attached hydrogens (tertiary/aromatic N) is 2. The summed E-state index contributed by atoms with van der Waals surface area (Å²) in [5, 5.41) is 20.1. The van der Waals surface area contributed by atoms with Crippen LogP contribution in [0, 0.1) is 0 Å². The Morgan fingerprint density at radius 2 is 1.58 bits per heavy atom. The van der Waals surface area contributed by atoms with Gasteiger partial charge < -0.3 is 10.2 Å². The van der Waals surface area contributed by atoms with E-state index in [1.54, 1.807) is 45.0 Å². The second-order valence-corrected chi connectivity index (χ2v) is 5.09. The Balaban J connectivity index is 3.06. The number of hydrazine groups is 1. The van der Waals surface area contributed by atoms with Gasteiger partial charge in [-0.05, 0) is 26.3 Å². The zero-order valence-electron chi connectivity index (χ0n) is 11.2. The SMILES string of the molecule is CC(C)(C)N(C(=O)O)N(Cc1ccccc1)C(=O)O. The van der Waals surface area contributed by atoms with Gasteiger partial charge >= 0.3 is 12.2 Å². The van der Waals surface area contributed by atoms with Gasteiger partial charge in [0.1, 0.15) is 0 Å². The monoisotopic (exact) mass is 266 g/mol. The summed E-state index contributed by atoms with van der Waals surface area (Å²) >= 11 is 0. The zero-order valence-corrected chi connectivity index (χ0v) is 11.2. The molecule has 19 heavy (non-hydrogen) atoms. The third-order valence-corrected chi connectivity index (χ3v) is 2.45. The maximum Gasteiger partial charge on any atom is 0.427 e. The summed E-state index contributed by atoms with van der Waals surface area (Å²) in [6.45, 7) is 4.91. The van der Waals surface area contributed by atoms with Crippen LogP contribution in [-0.2, 0) is 6.54 Å². The molecule has 0 aliphatic carbocycles. The van der Waals surface area contributed by atoms with Crippen molar-refractivity contribution < 1.29 is 19.8 Å². The third kappa shape index (κ3) is 3.87. The Kier molecular flexibility index (Phi) is 4.37. The van der Waals surface area contributed by atoms with Gasteiger partial charge in [-0.2, -0.15) is 0 Å². The molecule has 0 saturated heterocycles. The highest BCUT2D eigenvalue weighted by molar-refractivity contribution is 5.72. The van der Waals surface area contributed by atoms with Crippen LogP contribution in [-0.4, -0.2) is 38.0 Å². The highest BCUT2D eigenvalue weighted by Gasteiger charge is 2.35. The van der Waals surface area contributed by atoms with E-state index in [2.05, 4.69) is 0 Å². The van der Waals surface area contributed by atoms with E-state index < -0.39 is 17.7 Å². The molecule has 1 aromatic rings. The van der Waals surface area contributed by atoms with Gasteiger partial charge in [-0.1, -0.05) is 30.3 Å². The van der Waals surface area contributed by atoms with E-state index in [0.717, 1.165) is 15.6 Å². The van der Waals surface area contributed by atoms with Crippen LogP contribution in [0.15, 0.2) is 30.3 Å². The van der Waals surface area contributed by atoms with Crippen LogP contribution >= 0.6 is 0 Å². The molecule has 1 rings (SSSR count). The average Bonchev–Trinajstić information content (AvgIpc) is 2.27. The lowest BCUT2D eigenvalue weighted by molar-refractivity contribution is -0.0547. The Labute approximate surface area is 111 Å². The molecule has 104 valence electrons. The van der Waals surface area contributed by atoms with Crippen molar-refractivity contribution in [1.82, 2.24) is 10.0 Å². The fourth-order valence-corrected chi connectivity index (χ4v) is 1.73. The highest BCUT2D eigenvalue weighted by Crippen LogP contribution is 2.19. The van der Waals surface area contributed by atoms with Crippen molar-refractivity contribution in [3.8, 4) is 0 Å². The van der Waals surface area contributed by atoms with Crippen molar-refractivity contribution in [3.63, 3.8) is 0 Å². The van der Waals surface area contributed by atoms with Gasteiger partial charge in [0.15, 0.2) is 0 Å². The molecule has 0 aliphatic heterocycles. The Morgan fingerprint density at radius 1 is 1.05 bits per heavy atom. The molecule has 0 aliphatic rings. The van der Waals surface area contributed by atoms with Crippen LogP contribution in [0.4, 0.5) is 9.59 Å². The molecule has 0 atom stereocenters. The molecular weight excluding hydrogens is 248 g/mol. The van der Waals surface area contributed by atoms with E-state index in [9.17, 15) is 19.8 Å². The fourth-order valence-electron chi connectivity index (χ4n) is 1.73. The largest absolute Gasteiger partial charge is 0.464 e. The van der Waals surface area contributed by atoms with E-state index in [1.165, 1.54) is 0 Å². The Bertz CT molecular complexity index is 453. The molecule has 0 heterocycles. The summed E-state index contributed by atoms with van der Waals surface area (Å²) < 4.78 is 0. The molecule has 0 fully saturated rings. The molecule has 0 spiro atoms. The average molecular weight is 266 g/mol. The Morgan fingerprint density at radius 3 is 1.95 bits per heavy atom. The summed E-state index contributed by atoms with van der Waals surface area (Å²) in [6.07, 6.45) is -2.60. The predicted octanol–water partition coefficient (Wildman–Crippen LogP) is 2.86. The second kappa shape index (κ2) is 5.60. The minimum Gasteiger partial charge on any atom is -0.464 e. The predicted molar refractivity (Wildman–Crippen MR) is 69.6 cm³/mol. The number of carboxylic acid groups (broad SMARTS) is 2. The first kappa shape index (κ1) is 14.8. The summed E-state index contributed by atoms with van der Waals surface area (Å²) in [5.41, 5.74) is -0.126. The van der Waals surface area contributed by atoms with Crippen molar-refractivity contribution in [1.29, 1.82) is 0 Å². The fraction of sp³-hybridized carbons (Fsp3) is 0.385. The summed E-state index contributed by atoms with van der Waals surface area (Å²) in [6, 6.07) is 8.86. The van der Waals surface area contributed by atoms with E-state index in [4.69, 9.17) is 0 Å². The number of hydrogen-bond acceptors (Lipinski definition) is 2. The lowest BCUT2D eigenvalue weighted by Gasteiger charge is -2.39. The van der Waals surface area contributed by atoms with Gasteiger partial charge in [0.2, 0.25) is 0 Å². The van der Waals surface area contributed by atoms with Crippen LogP contribution in [0.5, 0.6) is 0 Å². The molecule has 2 N–H and O–H groups in total. The minimum atomic E-state index is -1.30. The van der Waals surface area contributed by atoms with Crippen LogP contribution in [0.2, 0.25) is 0 Å². The lowest BCUT2D eigenvalue weighted by Crippen LogP contribution is -2.57. The van der Waals surface area contributed by atoms with Gasteiger partial charge in [0, 0.05) is 0 Å². The number of rotatable bonds is 2. The molecule has 0 bridgehead atoms. The first-order valence-electron chi connectivity index (χ1n) is 5.81. The summed E-state index contributed by atoms with van der Waals surface area (Å²) in [5.74, 6) is 0. The smallest absolute Gasteiger partial charge is 0.427 e. The molecule has 2 amide bonds. The molecule has 0 unspecified atom stereocenters. The number of carbonyl (C=O) groups is 2. The maximum atomic E-state index is 11.3. The normalized spacial score (nSPS) is 10.9. The quantitative estimate of drug-likeness (QED) is 0.806. The van der Waals surface area contributed by atoms with Gasteiger partial charge in [-0.25, -0.2) is 19.6 Å². The maximum absolute atomic E-state index is 11.3. The topological polar surface area (TPSA) is 81.1 Å². The molecule has 0 saturated carbocycles. The van der Waals surface area contributed by atoms with Crippen LogP contribution < -0.4 is 0 Å². The molecule has 6 nitrogen and oxygen atoms in total. The molecule has 6 heteroatoms. The number of amides is 2. The van der Waals surface area contributed by atoms with E-state index >= 15 is 0 Å². The molecule has 0 radical (unpaired) electrons. The lowest BCUT2D eigenvalue weighted by atomic mass is 10.1. The number of hydrogen-bond donors (Lipinski definition) is 2.